The lowest BCUT2D eigenvalue weighted by molar-refractivity contribution is 0.322. The SMILES string of the molecule is N=Cc1ccc(/C=N\O)cc1. The van der Waals surface area contributed by atoms with Crippen LogP contribution in [-0.4, -0.2) is 17.6 Å². The minimum atomic E-state index is 0.818. The molecule has 3 heteroatoms. The molecule has 2 N–H and O–H groups in total. The van der Waals surface area contributed by atoms with Gasteiger partial charge in [-0.1, -0.05) is 29.4 Å². The average molecular weight is 148 g/mol. The molecule has 0 bridgehead atoms. The van der Waals surface area contributed by atoms with Crippen LogP contribution in [0.5, 0.6) is 0 Å². The first kappa shape index (κ1) is 7.47. The predicted molar refractivity (Wildman–Crippen MR) is 43.7 cm³/mol. The van der Waals surface area contributed by atoms with Gasteiger partial charge >= 0.3 is 0 Å². The molecule has 1 rings (SSSR count). The third-order valence-corrected chi connectivity index (χ3v) is 1.31. The Hall–Kier alpha value is -1.64. The van der Waals surface area contributed by atoms with Crippen LogP contribution in [0, 0.1) is 5.41 Å². The molecule has 0 atom stereocenters. The van der Waals surface area contributed by atoms with Crippen LogP contribution in [0.3, 0.4) is 0 Å². The first-order valence-corrected chi connectivity index (χ1v) is 3.15. The number of benzene rings is 1. The summed E-state index contributed by atoms with van der Waals surface area (Å²) in [6.45, 7) is 0. The molecule has 56 valence electrons. The largest absolute Gasteiger partial charge is 0.411 e. The summed E-state index contributed by atoms with van der Waals surface area (Å²) in [6.07, 6.45) is 2.60. The molecule has 0 aromatic heterocycles. The lowest BCUT2D eigenvalue weighted by Crippen LogP contribution is -1.82. The summed E-state index contributed by atoms with van der Waals surface area (Å²) < 4.78 is 0. The van der Waals surface area contributed by atoms with E-state index < -0.39 is 0 Å². The van der Waals surface area contributed by atoms with Crippen molar-refractivity contribution in [2.75, 3.05) is 0 Å². The molecule has 0 heterocycles. The van der Waals surface area contributed by atoms with Crippen LogP contribution in [0.15, 0.2) is 29.4 Å². The van der Waals surface area contributed by atoms with E-state index in [2.05, 4.69) is 5.16 Å². The molecule has 0 aliphatic carbocycles. The van der Waals surface area contributed by atoms with Crippen LogP contribution in [-0.2, 0) is 0 Å². The quantitative estimate of drug-likeness (QED) is 0.372. The fraction of sp³-hybridized carbons (Fsp3) is 0. The number of hydrogen-bond donors (Lipinski definition) is 2. The van der Waals surface area contributed by atoms with Crippen LogP contribution in [0.2, 0.25) is 0 Å². The van der Waals surface area contributed by atoms with Crippen LogP contribution in [0.1, 0.15) is 11.1 Å². The highest BCUT2D eigenvalue weighted by molar-refractivity contribution is 5.82. The van der Waals surface area contributed by atoms with E-state index >= 15 is 0 Å². The first-order chi connectivity index (χ1) is 5.36. The lowest BCUT2D eigenvalue weighted by atomic mass is 10.2. The summed E-state index contributed by atoms with van der Waals surface area (Å²) in [4.78, 5) is 0. The van der Waals surface area contributed by atoms with E-state index in [1.54, 1.807) is 24.3 Å². The predicted octanol–water partition coefficient (Wildman–Crippen LogP) is 1.49. The van der Waals surface area contributed by atoms with Gasteiger partial charge in [-0.3, -0.25) is 0 Å². The third-order valence-electron chi connectivity index (χ3n) is 1.31. The minimum Gasteiger partial charge on any atom is -0.411 e. The Morgan fingerprint density at radius 1 is 1.18 bits per heavy atom. The number of rotatable bonds is 2. The Balaban J connectivity index is 2.91. The van der Waals surface area contributed by atoms with Gasteiger partial charge in [-0.15, -0.1) is 0 Å². The summed E-state index contributed by atoms with van der Waals surface area (Å²) in [5, 5.41) is 18.0. The van der Waals surface area contributed by atoms with E-state index in [1.807, 2.05) is 0 Å². The minimum absolute atomic E-state index is 0.818. The number of hydrogen-bond acceptors (Lipinski definition) is 3. The fourth-order valence-electron chi connectivity index (χ4n) is 0.745. The Labute approximate surface area is 64.5 Å². The molecule has 0 spiro atoms. The molecule has 1 aromatic rings. The lowest BCUT2D eigenvalue weighted by Gasteiger charge is -1.91. The second-order valence-electron chi connectivity index (χ2n) is 2.06. The molecule has 11 heavy (non-hydrogen) atoms. The van der Waals surface area contributed by atoms with Crippen LogP contribution < -0.4 is 0 Å². The molecule has 0 aliphatic rings. The maximum atomic E-state index is 8.17. The maximum Gasteiger partial charge on any atom is 0.0733 e. The molecule has 0 fully saturated rings. The fourth-order valence-corrected chi connectivity index (χ4v) is 0.745. The topological polar surface area (TPSA) is 56.4 Å². The molecule has 0 saturated heterocycles. The Kier molecular flexibility index (Phi) is 2.38. The third kappa shape index (κ3) is 1.89. The molecule has 0 aliphatic heterocycles. The highest BCUT2D eigenvalue weighted by Gasteiger charge is 1.87. The van der Waals surface area contributed by atoms with Crippen molar-refractivity contribution >= 4 is 12.4 Å². The van der Waals surface area contributed by atoms with Crippen molar-refractivity contribution in [3.63, 3.8) is 0 Å². The zero-order chi connectivity index (χ0) is 8.10. The Bertz CT molecular complexity index is 264. The van der Waals surface area contributed by atoms with E-state index in [1.165, 1.54) is 12.4 Å². The number of nitrogens with one attached hydrogen (secondary N) is 1. The molecule has 0 amide bonds. The van der Waals surface area contributed by atoms with Gasteiger partial charge in [-0.25, -0.2) is 0 Å². The van der Waals surface area contributed by atoms with Gasteiger partial charge < -0.3 is 10.6 Å². The van der Waals surface area contributed by atoms with Gasteiger partial charge in [-0.2, -0.15) is 0 Å². The molecule has 1 aromatic carbocycles. The van der Waals surface area contributed by atoms with Gasteiger partial charge in [0.2, 0.25) is 0 Å². The Morgan fingerprint density at radius 3 is 2.18 bits per heavy atom. The van der Waals surface area contributed by atoms with E-state index in [-0.39, 0.29) is 0 Å². The van der Waals surface area contributed by atoms with Crippen LogP contribution in [0.4, 0.5) is 0 Å². The first-order valence-electron chi connectivity index (χ1n) is 3.15. The van der Waals surface area contributed by atoms with E-state index in [9.17, 15) is 0 Å². The Morgan fingerprint density at radius 2 is 1.73 bits per heavy atom. The van der Waals surface area contributed by atoms with Crippen molar-refractivity contribution in [2.45, 2.75) is 0 Å². The second kappa shape index (κ2) is 3.51. The van der Waals surface area contributed by atoms with Crippen molar-refractivity contribution in [2.24, 2.45) is 5.16 Å². The van der Waals surface area contributed by atoms with Gasteiger partial charge in [0.25, 0.3) is 0 Å². The standard InChI is InChI=1S/C8H8N2O/c9-5-7-1-3-8(4-2-7)6-10-11/h1-6,9,11H/b9-5?,10-6-. The summed E-state index contributed by atoms with van der Waals surface area (Å²) in [6, 6.07) is 7.12. The number of nitrogens with zero attached hydrogens (tertiary/aromatic N) is 1. The van der Waals surface area contributed by atoms with Gasteiger partial charge in [0, 0.05) is 6.21 Å². The molecular formula is C8H8N2O. The van der Waals surface area contributed by atoms with Gasteiger partial charge in [0.1, 0.15) is 0 Å². The van der Waals surface area contributed by atoms with Crippen molar-refractivity contribution in [1.29, 1.82) is 5.41 Å². The molecule has 0 radical (unpaired) electrons. The van der Waals surface area contributed by atoms with E-state index in [0.29, 0.717) is 0 Å². The highest BCUT2D eigenvalue weighted by Crippen LogP contribution is 1.98. The normalized spacial score (nSPS) is 10.2. The summed E-state index contributed by atoms with van der Waals surface area (Å²) in [5.74, 6) is 0. The molecule has 3 nitrogen and oxygen atoms in total. The van der Waals surface area contributed by atoms with E-state index in [4.69, 9.17) is 10.6 Å². The van der Waals surface area contributed by atoms with Gasteiger partial charge in [0.05, 0.1) is 6.21 Å². The van der Waals surface area contributed by atoms with Crippen LogP contribution >= 0.6 is 0 Å². The summed E-state index contributed by atoms with van der Waals surface area (Å²) in [5.41, 5.74) is 1.65. The second-order valence-corrected chi connectivity index (χ2v) is 2.06. The zero-order valence-corrected chi connectivity index (χ0v) is 5.86. The van der Waals surface area contributed by atoms with Gasteiger partial charge in [0.15, 0.2) is 0 Å². The summed E-state index contributed by atoms with van der Waals surface area (Å²) >= 11 is 0. The smallest absolute Gasteiger partial charge is 0.0733 e. The average Bonchev–Trinajstić information content (AvgIpc) is 2.07. The molecule has 0 saturated carbocycles. The van der Waals surface area contributed by atoms with Crippen molar-refractivity contribution in [1.82, 2.24) is 0 Å². The molecule has 0 unspecified atom stereocenters. The zero-order valence-electron chi connectivity index (χ0n) is 5.86. The van der Waals surface area contributed by atoms with Crippen molar-refractivity contribution in [3.05, 3.63) is 35.4 Å². The molecular weight excluding hydrogens is 140 g/mol. The monoisotopic (exact) mass is 148 g/mol. The summed E-state index contributed by atoms with van der Waals surface area (Å²) in [7, 11) is 0. The maximum absolute atomic E-state index is 8.17. The van der Waals surface area contributed by atoms with Crippen LogP contribution in [0.25, 0.3) is 0 Å². The van der Waals surface area contributed by atoms with E-state index in [0.717, 1.165) is 11.1 Å². The van der Waals surface area contributed by atoms with Gasteiger partial charge in [-0.05, 0) is 11.1 Å². The van der Waals surface area contributed by atoms with Crippen molar-refractivity contribution in [3.8, 4) is 0 Å². The number of oxime groups is 1. The highest BCUT2D eigenvalue weighted by atomic mass is 16.4. The van der Waals surface area contributed by atoms with Crippen molar-refractivity contribution < 1.29 is 5.21 Å².